The van der Waals surface area contributed by atoms with Crippen LogP contribution in [0.3, 0.4) is 0 Å². The number of carbonyl (C=O) groups is 1. The number of benzene rings is 3. The number of fused-ring (bicyclic) bond motifs is 1. The SMILES string of the molecule is O=C(c1ccc(-c2ccc(F)cc2)cc1)N1CCCC1c1nc2ccccc2[nH]1. The largest absolute Gasteiger partial charge is 0.340 e. The number of carbonyl (C=O) groups excluding carboxylic acids is 1. The van der Waals surface area contributed by atoms with Gasteiger partial charge in [-0.05, 0) is 60.4 Å². The van der Waals surface area contributed by atoms with Gasteiger partial charge in [0.1, 0.15) is 11.6 Å². The van der Waals surface area contributed by atoms with Crippen LogP contribution in [0.15, 0.2) is 72.8 Å². The van der Waals surface area contributed by atoms with Gasteiger partial charge in [-0.1, -0.05) is 36.4 Å². The van der Waals surface area contributed by atoms with Gasteiger partial charge in [0, 0.05) is 12.1 Å². The first-order chi connectivity index (χ1) is 14.2. The van der Waals surface area contributed by atoms with Crippen molar-refractivity contribution in [3.8, 4) is 11.1 Å². The first-order valence-corrected chi connectivity index (χ1v) is 9.81. The predicted octanol–water partition coefficient (Wildman–Crippen LogP) is 5.35. The second-order valence-corrected chi connectivity index (χ2v) is 7.38. The average molecular weight is 385 g/mol. The Labute approximate surface area is 168 Å². The van der Waals surface area contributed by atoms with Crippen molar-refractivity contribution in [2.45, 2.75) is 18.9 Å². The third-order valence-electron chi connectivity index (χ3n) is 5.55. The van der Waals surface area contributed by atoms with Crippen LogP contribution < -0.4 is 0 Å². The topological polar surface area (TPSA) is 49.0 Å². The van der Waals surface area contributed by atoms with Crippen LogP contribution in [0.4, 0.5) is 4.39 Å². The molecule has 0 spiro atoms. The van der Waals surface area contributed by atoms with Crippen LogP contribution in [0.1, 0.15) is 35.1 Å². The minimum absolute atomic E-state index is 0.0126. The second kappa shape index (κ2) is 7.17. The first-order valence-electron chi connectivity index (χ1n) is 9.81. The maximum absolute atomic E-state index is 13.2. The number of amides is 1. The second-order valence-electron chi connectivity index (χ2n) is 7.38. The third-order valence-corrected chi connectivity index (χ3v) is 5.55. The first kappa shape index (κ1) is 17.6. The van der Waals surface area contributed by atoms with Gasteiger partial charge in [0.05, 0.1) is 17.1 Å². The number of halogens is 1. The van der Waals surface area contributed by atoms with Crippen molar-refractivity contribution >= 4 is 16.9 Å². The molecule has 29 heavy (non-hydrogen) atoms. The Kier molecular flexibility index (Phi) is 4.35. The summed E-state index contributed by atoms with van der Waals surface area (Å²) >= 11 is 0. The molecular weight excluding hydrogens is 365 g/mol. The number of para-hydroxylation sites is 2. The van der Waals surface area contributed by atoms with Crippen molar-refractivity contribution in [3.05, 3.63) is 90.0 Å². The number of aromatic nitrogens is 2. The fraction of sp³-hybridized carbons (Fsp3) is 0.167. The molecular formula is C24H20FN3O. The molecule has 1 saturated heterocycles. The summed E-state index contributed by atoms with van der Waals surface area (Å²) in [4.78, 5) is 23.2. The number of likely N-dealkylation sites (tertiary alicyclic amines) is 1. The van der Waals surface area contributed by atoms with E-state index in [0.717, 1.165) is 47.4 Å². The van der Waals surface area contributed by atoms with Crippen LogP contribution in [0.25, 0.3) is 22.2 Å². The van der Waals surface area contributed by atoms with Crippen molar-refractivity contribution in [2.24, 2.45) is 0 Å². The van der Waals surface area contributed by atoms with Gasteiger partial charge in [-0.15, -0.1) is 0 Å². The van der Waals surface area contributed by atoms with Crippen LogP contribution in [0.2, 0.25) is 0 Å². The molecule has 1 atom stereocenters. The minimum Gasteiger partial charge on any atom is -0.340 e. The Morgan fingerprint density at radius 1 is 0.966 bits per heavy atom. The molecule has 1 aliphatic heterocycles. The zero-order valence-corrected chi connectivity index (χ0v) is 15.8. The van der Waals surface area contributed by atoms with E-state index in [-0.39, 0.29) is 17.8 Å². The Balaban J connectivity index is 1.39. The fourth-order valence-corrected chi connectivity index (χ4v) is 4.04. The van der Waals surface area contributed by atoms with Crippen LogP contribution in [0, 0.1) is 5.82 Å². The van der Waals surface area contributed by atoms with Crippen LogP contribution in [-0.2, 0) is 0 Å². The molecule has 0 radical (unpaired) electrons. The zero-order chi connectivity index (χ0) is 19.8. The summed E-state index contributed by atoms with van der Waals surface area (Å²) in [6.45, 7) is 0.722. The number of rotatable bonds is 3. The van der Waals surface area contributed by atoms with Gasteiger partial charge in [0.15, 0.2) is 0 Å². The predicted molar refractivity (Wildman–Crippen MR) is 111 cm³/mol. The van der Waals surface area contributed by atoms with Crippen molar-refractivity contribution in [3.63, 3.8) is 0 Å². The summed E-state index contributed by atoms with van der Waals surface area (Å²) in [5.74, 6) is 0.602. The Morgan fingerprint density at radius 2 is 1.66 bits per heavy atom. The van der Waals surface area contributed by atoms with E-state index < -0.39 is 0 Å². The highest BCUT2D eigenvalue weighted by atomic mass is 19.1. The molecule has 4 aromatic rings. The van der Waals surface area contributed by atoms with Crippen molar-refractivity contribution in [1.82, 2.24) is 14.9 Å². The lowest BCUT2D eigenvalue weighted by Crippen LogP contribution is -2.31. The van der Waals surface area contributed by atoms with Crippen molar-refractivity contribution in [1.29, 1.82) is 0 Å². The number of H-pyrrole nitrogens is 1. The minimum atomic E-state index is -0.258. The highest BCUT2D eigenvalue weighted by molar-refractivity contribution is 5.95. The molecule has 0 saturated carbocycles. The standard InChI is InChI=1S/C24H20FN3O/c25-19-13-11-17(12-14-19)16-7-9-18(10-8-16)24(29)28-15-3-6-22(28)23-26-20-4-1-2-5-21(20)27-23/h1-2,4-5,7-14,22H,3,6,15H2,(H,26,27). The Bertz CT molecular complexity index is 1130. The summed E-state index contributed by atoms with van der Waals surface area (Å²) < 4.78 is 13.1. The highest BCUT2D eigenvalue weighted by Gasteiger charge is 2.32. The van der Waals surface area contributed by atoms with E-state index in [0.29, 0.717) is 5.56 Å². The lowest BCUT2D eigenvalue weighted by atomic mass is 10.0. The maximum Gasteiger partial charge on any atom is 0.254 e. The van der Waals surface area contributed by atoms with Crippen molar-refractivity contribution < 1.29 is 9.18 Å². The summed E-state index contributed by atoms with van der Waals surface area (Å²) in [5.41, 5.74) is 4.44. The molecule has 0 bridgehead atoms. The highest BCUT2D eigenvalue weighted by Crippen LogP contribution is 2.33. The van der Waals surface area contributed by atoms with Crippen LogP contribution >= 0.6 is 0 Å². The van der Waals surface area contributed by atoms with E-state index >= 15 is 0 Å². The van der Waals surface area contributed by atoms with E-state index in [4.69, 9.17) is 4.98 Å². The number of nitrogens with one attached hydrogen (secondary N) is 1. The quantitative estimate of drug-likeness (QED) is 0.517. The van der Waals surface area contributed by atoms with Gasteiger partial charge in [0.25, 0.3) is 5.91 Å². The van der Waals surface area contributed by atoms with Gasteiger partial charge in [-0.3, -0.25) is 4.79 Å². The molecule has 2 heterocycles. The molecule has 1 unspecified atom stereocenters. The van der Waals surface area contributed by atoms with E-state index in [9.17, 15) is 9.18 Å². The molecule has 0 aliphatic carbocycles. The number of nitrogens with zero attached hydrogens (tertiary/aromatic N) is 2. The molecule has 5 heteroatoms. The van der Waals surface area contributed by atoms with Crippen molar-refractivity contribution in [2.75, 3.05) is 6.54 Å². The number of imidazole rings is 1. The summed E-state index contributed by atoms with van der Waals surface area (Å²) in [6, 6.07) is 21.8. The zero-order valence-electron chi connectivity index (χ0n) is 15.8. The molecule has 1 aliphatic rings. The summed E-state index contributed by atoms with van der Waals surface area (Å²) in [7, 11) is 0. The number of hydrogen-bond acceptors (Lipinski definition) is 2. The summed E-state index contributed by atoms with van der Waals surface area (Å²) in [5, 5.41) is 0. The lowest BCUT2D eigenvalue weighted by Gasteiger charge is -2.23. The van der Waals surface area contributed by atoms with Gasteiger partial charge < -0.3 is 9.88 Å². The van der Waals surface area contributed by atoms with E-state index in [1.807, 2.05) is 53.4 Å². The van der Waals surface area contributed by atoms with E-state index in [2.05, 4.69) is 4.98 Å². The normalized spacial score (nSPS) is 16.4. The molecule has 1 aromatic heterocycles. The molecule has 5 rings (SSSR count). The molecule has 1 fully saturated rings. The number of hydrogen-bond donors (Lipinski definition) is 1. The molecule has 144 valence electrons. The monoisotopic (exact) mass is 385 g/mol. The molecule has 1 amide bonds. The maximum atomic E-state index is 13.2. The van der Waals surface area contributed by atoms with Crippen LogP contribution in [-0.4, -0.2) is 27.3 Å². The molecule has 3 aromatic carbocycles. The van der Waals surface area contributed by atoms with Gasteiger partial charge in [-0.2, -0.15) is 0 Å². The Hall–Kier alpha value is -3.47. The molecule has 1 N–H and O–H groups in total. The van der Waals surface area contributed by atoms with Gasteiger partial charge in [-0.25, -0.2) is 9.37 Å². The number of aromatic amines is 1. The van der Waals surface area contributed by atoms with Gasteiger partial charge in [0.2, 0.25) is 0 Å². The smallest absolute Gasteiger partial charge is 0.254 e. The van der Waals surface area contributed by atoms with E-state index in [1.165, 1.54) is 12.1 Å². The fourth-order valence-electron chi connectivity index (χ4n) is 4.04. The molecule has 4 nitrogen and oxygen atoms in total. The lowest BCUT2D eigenvalue weighted by molar-refractivity contribution is 0.0730. The third kappa shape index (κ3) is 3.29. The van der Waals surface area contributed by atoms with Gasteiger partial charge >= 0.3 is 0 Å². The van der Waals surface area contributed by atoms with Crippen LogP contribution in [0.5, 0.6) is 0 Å². The average Bonchev–Trinajstić information content (AvgIpc) is 3.41. The van der Waals surface area contributed by atoms with E-state index in [1.54, 1.807) is 12.1 Å². The Morgan fingerprint density at radius 3 is 2.38 bits per heavy atom. The summed E-state index contributed by atoms with van der Waals surface area (Å²) in [6.07, 6.45) is 1.86.